The molecular weight excluding hydrogens is 407 g/mol. The first-order valence-corrected chi connectivity index (χ1v) is 8.10. The highest BCUT2D eigenvalue weighted by molar-refractivity contribution is 9.10. The van der Waals surface area contributed by atoms with Crippen molar-refractivity contribution in [3.05, 3.63) is 61.5 Å². The van der Waals surface area contributed by atoms with Crippen molar-refractivity contribution in [2.24, 2.45) is 0 Å². The molecule has 0 saturated heterocycles. The molecule has 0 aliphatic carbocycles. The maximum atomic E-state index is 10.3. The number of hydrogen-bond donors (Lipinski definition) is 1. The standard InChI is InChI=1S/C15H11Br2ClO2/c16-8-2-4-12(18)11(5-8)15-7-13(19)10-3-1-9(17)6-14(10)20-15/h1-6,13,15,19H,7H2/t13-,15?/m0/s1. The van der Waals surface area contributed by atoms with Crippen LogP contribution in [-0.4, -0.2) is 5.11 Å². The van der Waals surface area contributed by atoms with Crippen LogP contribution in [0.1, 0.15) is 29.8 Å². The Bertz CT molecular complexity index is 660. The summed E-state index contributed by atoms with van der Waals surface area (Å²) in [4.78, 5) is 0. The molecule has 0 saturated carbocycles. The van der Waals surface area contributed by atoms with Crippen LogP contribution < -0.4 is 4.74 Å². The minimum Gasteiger partial charge on any atom is -0.485 e. The van der Waals surface area contributed by atoms with Gasteiger partial charge in [0.25, 0.3) is 0 Å². The fourth-order valence-corrected chi connectivity index (χ4v) is 3.33. The van der Waals surface area contributed by atoms with Gasteiger partial charge in [0.05, 0.1) is 6.10 Å². The lowest BCUT2D eigenvalue weighted by atomic mass is 9.95. The minimum atomic E-state index is -0.549. The third-order valence-corrected chi connectivity index (χ3v) is 4.68. The number of aliphatic hydroxyl groups is 1. The highest BCUT2D eigenvalue weighted by Gasteiger charge is 2.29. The molecule has 0 bridgehead atoms. The molecule has 0 amide bonds. The zero-order valence-electron chi connectivity index (χ0n) is 10.3. The normalized spacial score (nSPS) is 21.2. The van der Waals surface area contributed by atoms with E-state index in [1.807, 2.05) is 36.4 Å². The lowest BCUT2D eigenvalue weighted by Crippen LogP contribution is -2.19. The van der Waals surface area contributed by atoms with Crippen LogP contribution in [0.15, 0.2) is 45.3 Å². The van der Waals surface area contributed by atoms with Gasteiger partial charge in [-0.05, 0) is 30.3 Å². The minimum absolute atomic E-state index is 0.253. The molecule has 0 aromatic heterocycles. The molecule has 1 heterocycles. The number of fused-ring (bicyclic) bond motifs is 1. The van der Waals surface area contributed by atoms with E-state index in [1.54, 1.807) is 0 Å². The van der Waals surface area contributed by atoms with E-state index >= 15 is 0 Å². The van der Waals surface area contributed by atoms with Crippen molar-refractivity contribution in [2.45, 2.75) is 18.6 Å². The maximum Gasteiger partial charge on any atom is 0.128 e. The average Bonchev–Trinajstić information content (AvgIpc) is 2.41. The molecule has 1 aliphatic rings. The monoisotopic (exact) mass is 416 g/mol. The number of ether oxygens (including phenoxy) is 1. The smallest absolute Gasteiger partial charge is 0.128 e. The summed E-state index contributed by atoms with van der Waals surface area (Å²) in [7, 11) is 0. The SMILES string of the molecule is O[C@H]1CC(c2cc(Br)ccc2Cl)Oc2cc(Br)ccc21. The van der Waals surface area contributed by atoms with Crippen LogP contribution in [0.25, 0.3) is 0 Å². The molecule has 3 rings (SSSR count). The molecular formula is C15H11Br2ClO2. The van der Waals surface area contributed by atoms with Crippen molar-refractivity contribution in [2.75, 3.05) is 0 Å². The molecule has 1 N–H and O–H groups in total. The number of hydrogen-bond acceptors (Lipinski definition) is 2. The second kappa shape index (κ2) is 5.68. The molecule has 104 valence electrons. The van der Waals surface area contributed by atoms with Gasteiger partial charge in [-0.25, -0.2) is 0 Å². The first kappa shape index (κ1) is 14.4. The van der Waals surface area contributed by atoms with Gasteiger partial charge in [0.1, 0.15) is 11.9 Å². The third kappa shape index (κ3) is 2.75. The molecule has 1 aliphatic heterocycles. The summed E-state index contributed by atoms with van der Waals surface area (Å²) in [6.07, 6.45) is -0.311. The molecule has 1 unspecified atom stereocenters. The molecule has 0 spiro atoms. The van der Waals surface area contributed by atoms with Gasteiger partial charge in [-0.1, -0.05) is 49.5 Å². The molecule has 0 radical (unpaired) electrons. The van der Waals surface area contributed by atoms with Crippen LogP contribution in [0, 0.1) is 0 Å². The first-order valence-electron chi connectivity index (χ1n) is 6.13. The summed E-state index contributed by atoms with van der Waals surface area (Å²) < 4.78 is 7.87. The molecule has 20 heavy (non-hydrogen) atoms. The molecule has 5 heteroatoms. The van der Waals surface area contributed by atoms with Crippen molar-refractivity contribution in [1.82, 2.24) is 0 Å². The Balaban J connectivity index is 2.00. The number of benzene rings is 2. The second-order valence-corrected chi connectivity index (χ2v) is 6.94. The predicted octanol–water partition coefficient (Wildman–Crippen LogP) is 5.42. The summed E-state index contributed by atoms with van der Waals surface area (Å²) in [6.45, 7) is 0. The fourth-order valence-electron chi connectivity index (χ4n) is 2.37. The number of rotatable bonds is 1. The van der Waals surface area contributed by atoms with Gasteiger partial charge in [0, 0.05) is 31.5 Å². The Morgan fingerprint density at radius 1 is 1.05 bits per heavy atom. The first-order chi connectivity index (χ1) is 9.54. The van der Waals surface area contributed by atoms with Crippen LogP contribution >= 0.6 is 43.5 Å². The number of aliphatic hydroxyl groups excluding tert-OH is 1. The summed E-state index contributed by atoms with van der Waals surface area (Å²) in [5.74, 6) is 0.694. The van der Waals surface area contributed by atoms with Gasteiger partial charge in [-0.2, -0.15) is 0 Å². The van der Waals surface area contributed by atoms with E-state index in [-0.39, 0.29) is 6.10 Å². The quantitative estimate of drug-likeness (QED) is 0.670. The van der Waals surface area contributed by atoms with E-state index in [4.69, 9.17) is 16.3 Å². The van der Waals surface area contributed by atoms with Gasteiger partial charge in [-0.15, -0.1) is 0 Å². The van der Waals surface area contributed by atoms with Crippen LogP contribution in [0.2, 0.25) is 5.02 Å². The second-order valence-electron chi connectivity index (χ2n) is 4.71. The van der Waals surface area contributed by atoms with E-state index in [2.05, 4.69) is 31.9 Å². The van der Waals surface area contributed by atoms with Crippen molar-refractivity contribution in [1.29, 1.82) is 0 Å². The van der Waals surface area contributed by atoms with Gasteiger partial charge in [0.15, 0.2) is 0 Å². The molecule has 2 aromatic carbocycles. The van der Waals surface area contributed by atoms with E-state index in [0.29, 0.717) is 17.2 Å². The van der Waals surface area contributed by atoms with Crippen LogP contribution in [0.3, 0.4) is 0 Å². The zero-order valence-corrected chi connectivity index (χ0v) is 14.2. The summed E-state index contributed by atoms with van der Waals surface area (Å²) >= 11 is 13.1. The topological polar surface area (TPSA) is 29.5 Å². The van der Waals surface area contributed by atoms with E-state index < -0.39 is 6.10 Å². The average molecular weight is 419 g/mol. The summed E-state index contributed by atoms with van der Waals surface area (Å²) in [6, 6.07) is 11.3. The molecule has 2 nitrogen and oxygen atoms in total. The van der Waals surface area contributed by atoms with Crippen molar-refractivity contribution in [3.63, 3.8) is 0 Å². The fraction of sp³-hybridized carbons (Fsp3) is 0.200. The Labute approximate surface area is 139 Å². The molecule has 0 fully saturated rings. The van der Waals surface area contributed by atoms with E-state index in [9.17, 15) is 5.11 Å². The van der Waals surface area contributed by atoms with Crippen molar-refractivity contribution < 1.29 is 9.84 Å². The van der Waals surface area contributed by atoms with Crippen LogP contribution in [0.5, 0.6) is 5.75 Å². The predicted molar refractivity (Wildman–Crippen MR) is 86.2 cm³/mol. The highest BCUT2D eigenvalue weighted by Crippen LogP contribution is 2.43. The van der Waals surface area contributed by atoms with Gasteiger partial charge in [0.2, 0.25) is 0 Å². The Morgan fingerprint density at radius 3 is 2.55 bits per heavy atom. The largest absolute Gasteiger partial charge is 0.485 e. The summed E-state index contributed by atoms with van der Waals surface area (Å²) in [5.41, 5.74) is 1.70. The van der Waals surface area contributed by atoms with Crippen LogP contribution in [-0.2, 0) is 0 Å². The summed E-state index contributed by atoms with van der Waals surface area (Å²) in [5, 5.41) is 10.9. The zero-order chi connectivity index (χ0) is 14.3. The Kier molecular flexibility index (Phi) is 4.09. The Morgan fingerprint density at radius 2 is 1.75 bits per heavy atom. The van der Waals surface area contributed by atoms with Crippen LogP contribution in [0.4, 0.5) is 0 Å². The molecule has 2 atom stereocenters. The highest BCUT2D eigenvalue weighted by atomic mass is 79.9. The lowest BCUT2D eigenvalue weighted by Gasteiger charge is -2.30. The van der Waals surface area contributed by atoms with Gasteiger partial charge >= 0.3 is 0 Å². The van der Waals surface area contributed by atoms with Crippen molar-refractivity contribution >= 4 is 43.5 Å². The van der Waals surface area contributed by atoms with Gasteiger partial charge < -0.3 is 9.84 Å². The number of halogens is 3. The lowest BCUT2D eigenvalue weighted by molar-refractivity contribution is 0.0657. The maximum absolute atomic E-state index is 10.3. The third-order valence-electron chi connectivity index (χ3n) is 3.35. The Hall–Kier alpha value is -0.550. The van der Waals surface area contributed by atoms with Crippen molar-refractivity contribution in [3.8, 4) is 5.75 Å². The van der Waals surface area contributed by atoms with Gasteiger partial charge in [-0.3, -0.25) is 0 Å². The molecule has 2 aromatic rings. The van der Waals surface area contributed by atoms with E-state index in [1.165, 1.54) is 0 Å². The van der Waals surface area contributed by atoms with E-state index in [0.717, 1.165) is 20.1 Å².